The lowest BCUT2D eigenvalue weighted by molar-refractivity contribution is 0.0696. The van der Waals surface area contributed by atoms with Gasteiger partial charge in [-0.15, -0.1) is 0 Å². The lowest BCUT2D eigenvalue weighted by Gasteiger charge is -2.30. The van der Waals surface area contributed by atoms with Crippen LogP contribution < -0.4 is 5.32 Å². The van der Waals surface area contributed by atoms with Gasteiger partial charge < -0.3 is 15.3 Å². The summed E-state index contributed by atoms with van der Waals surface area (Å²) < 4.78 is 0. The summed E-state index contributed by atoms with van der Waals surface area (Å²) >= 11 is 0. The van der Waals surface area contributed by atoms with Crippen LogP contribution in [-0.4, -0.2) is 35.6 Å². The van der Waals surface area contributed by atoms with Crippen molar-refractivity contribution in [1.29, 1.82) is 0 Å². The van der Waals surface area contributed by atoms with E-state index < -0.39 is 5.97 Å². The first-order valence-electron chi connectivity index (χ1n) is 6.83. The zero-order chi connectivity index (χ0) is 14.7. The number of benzene rings is 1. The molecule has 1 aromatic carbocycles. The molecule has 0 spiro atoms. The van der Waals surface area contributed by atoms with Gasteiger partial charge >= 0.3 is 12.0 Å². The molecule has 2 rings (SSSR count). The molecule has 1 aliphatic carbocycles. The van der Waals surface area contributed by atoms with E-state index in [1.54, 1.807) is 31.0 Å². The number of carboxylic acid groups (broad SMARTS) is 1. The summed E-state index contributed by atoms with van der Waals surface area (Å²) in [6, 6.07) is 4.66. The average Bonchev–Trinajstić information content (AvgIpc) is 2.33. The lowest BCUT2D eigenvalue weighted by Crippen LogP contribution is -2.37. The monoisotopic (exact) mass is 276 g/mol. The summed E-state index contributed by atoms with van der Waals surface area (Å²) in [4.78, 5) is 24.6. The number of aromatic carboxylic acids is 1. The molecule has 1 aromatic rings. The highest BCUT2D eigenvalue weighted by Crippen LogP contribution is 2.26. The number of urea groups is 1. The number of carboxylic acids is 1. The quantitative estimate of drug-likeness (QED) is 0.888. The topological polar surface area (TPSA) is 69.6 Å². The van der Waals surface area contributed by atoms with Crippen molar-refractivity contribution >= 4 is 17.7 Å². The van der Waals surface area contributed by atoms with Crippen molar-refractivity contribution in [2.75, 3.05) is 18.9 Å². The van der Waals surface area contributed by atoms with Gasteiger partial charge in [-0.3, -0.25) is 0 Å². The molecule has 0 heterocycles. The number of amides is 2. The van der Waals surface area contributed by atoms with Crippen LogP contribution in [0.15, 0.2) is 18.2 Å². The molecule has 5 nitrogen and oxygen atoms in total. The Morgan fingerprint density at radius 1 is 1.40 bits per heavy atom. The molecule has 1 aliphatic rings. The third-order valence-corrected chi connectivity index (χ3v) is 3.81. The van der Waals surface area contributed by atoms with Crippen molar-refractivity contribution in [3.05, 3.63) is 29.3 Å². The van der Waals surface area contributed by atoms with Crippen LogP contribution in [-0.2, 0) is 0 Å². The smallest absolute Gasteiger partial charge is 0.335 e. The summed E-state index contributed by atoms with van der Waals surface area (Å²) in [5, 5.41) is 11.8. The lowest BCUT2D eigenvalue weighted by atomic mass is 9.85. The molecular formula is C15H20N2O3. The Morgan fingerprint density at radius 3 is 2.60 bits per heavy atom. The second-order valence-electron chi connectivity index (χ2n) is 5.44. The van der Waals surface area contributed by atoms with Crippen molar-refractivity contribution < 1.29 is 14.7 Å². The molecule has 5 heteroatoms. The van der Waals surface area contributed by atoms with E-state index in [9.17, 15) is 9.59 Å². The summed E-state index contributed by atoms with van der Waals surface area (Å²) in [6.07, 6.45) is 3.66. The molecule has 0 bridgehead atoms. The largest absolute Gasteiger partial charge is 0.478 e. The molecule has 0 aliphatic heterocycles. The van der Waals surface area contributed by atoms with Crippen molar-refractivity contribution in [3.63, 3.8) is 0 Å². The Bertz CT molecular complexity index is 524. The van der Waals surface area contributed by atoms with Crippen molar-refractivity contribution in [2.45, 2.75) is 26.2 Å². The maximum atomic E-state index is 12.0. The fourth-order valence-corrected chi connectivity index (χ4v) is 2.35. The first-order valence-corrected chi connectivity index (χ1v) is 6.83. The zero-order valence-electron chi connectivity index (χ0n) is 11.8. The normalized spacial score (nSPS) is 14.5. The summed E-state index contributed by atoms with van der Waals surface area (Å²) in [7, 11) is 1.78. The molecule has 20 heavy (non-hydrogen) atoms. The van der Waals surface area contributed by atoms with E-state index in [0.717, 1.165) is 6.54 Å². The number of hydrogen-bond acceptors (Lipinski definition) is 2. The number of aryl methyl sites for hydroxylation is 1. The van der Waals surface area contributed by atoms with Gasteiger partial charge in [-0.25, -0.2) is 9.59 Å². The Balaban J connectivity index is 1.96. The van der Waals surface area contributed by atoms with Crippen LogP contribution in [0.3, 0.4) is 0 Å². The summed E-state index contributed by atoms with van der Waals surface area (Å²) in [5.41, 5.74) is 1.51. The molecule has 2 amide bonds. The van der Waals surface area contributed by atoms with Gasteiger partial charge in [0.15, 0.2) is 0 Å². The van der Waals surface area contributed by atoms with E-state index >= 15 is 0 Å². The molecule has 0 atom stereocenters. The van der Waals surface area contributed by atoms with E-state index in [2.05, 4.69) is 5.32 Å². The minimum atomic E-state index is -0.956. The van der Waals surface area contributed by atoms with Crippen molar-refractivity contribution in [3.8, 4) is 0 Å². The Kier molecular flexibility index (Phi) is 4.27. The molecule has 108 valence electrons. The maximum Gasteiger partial charge on any atom is 0.335 e. The maximum absolute atomic E-state index is 12.0. The van der Waals surface area contributed by atoms with Crippen LogP contribution in [0.1, 0.15) is 35.2 Å². The van der Waals surface area contributed by atoms with E-state index in [0.29, 0.717) is 17.2 Å². The minimum absolute atomic E-state index is 0.153. The van der Waals surface area contributed by atoms with E-state index in [4.69, 9.17) is 5.11 Å². The zero-order valence-corrected chi connectivity index (χ0v) is 11.8. The summed E-state index contributed by atoms with van der Waals surface area (Å²) in [5.74, 6) is -0.329. The highest BCUT2D eigenvalue weighted by Gasteiger charge is 2.21. The number of carbonyl (C=O) groups excluding carboxylic acids is 1. The Morgan fingerprint density at radius 2 is 2.10 bits per heavy atom. The molecule has 1 fully saturated rings. The molecule has 0 saturated heterocycles. The first kappa shape index (κ1) is 14.4. The van der Waals surface area contributed by atoms with Gasteiger partial charge in [0.05, 0.1) is 5.56 Å². The van der Waals surface area contributed by atoms with E-state index in [1.807, 2.05) is 0 Å². The second-order valence-corrected chi connectivity index (χ2v) is 5.44. The van der Waals surface area contributed by atoms with Gasteiger partial charge in [-0.2, -0.15) is 0 Å². The van der Waals surface area contributed by atoms with Gasteiger partial charge in [0, 0.05) is 19.3 Å². The predicted molar refractivity (Wildman–Crippen MR) is 77.1 cm³/mol. The molecule has 2 N–H and O–H groups in total. The average molecular weight is 276 g/mol. The predicted octanol–water partition coefficient (Wildman–Crippen LogP) is 2.96. The Hall–Kier alpha value is -2.04. The van der Waals surface area contributed by atoms with Crippen LogP contribution in [0.4, 0.5) is 10.5 Å². The SMILES string of the molecule is Cc1cc(NC(=O)N(C)CC2CCC2)ccc1C(=O)O. The van der Waals surface area contributed by atoms with Crippen molar-refractivity contribution in [1.82, 2.24) is 4.90 Å². The van der Waals surface area contributed by atoms with Crippen LogP contribution in [0.25, 0.3) is 0 Å². The van der Waals surface area contributed by atoms with Gasteiger partial charge in [0.1, 0.15) is 0 Å². The van der Waals surface area contributed by atoms with Gasteiger partial charge in [0.2, 0.25) is 0 Å². The van der Waals surface area contributed by atoms with Gasteiger partial charge in [-0.1, -0.05) is 6.42 Å². The number of rotatable bonds is 4. The third kappa shape index (κ3) is 3.29. The van der Waals surface area contributed by atoms with E-state index in [-0.39, 0.29) is 11.6 Å². The first-order chi connectivity index (χ1) is 9.47. The van der Waals surface area contributed by atoms with Crippen molar-refractivity contribution in [2.24, 2.45) is 5.92 Å². The highest BCUT2D eigenvalue weighted by molar-refractivity contribution is 5.92. The fourth-order valence-electron chi connectivity index (χ4n) is 2.35. The number of nitrogens with zero attached hydrogens (tertiary/aromatic N) is 1. The summed E-state index contributed by atoms with van der Waals surface area (Å²) in [6.45, 7) is 2.50. The van der Waals surface area contributed by atoms with Gasteiger partial charge in [0.25, 0.3) is 0 Å². The fraction of sp³-hybridized carbons (Fsp3) is 0.467. The number of carbonyl (C=O) groups is 2. The van der Waals surface area contributed by atoms with Crippen LogP contribution in [0.2, 0.25) is 0 Å². The van der Waals surface area contributed by atoms with E-state index in [1.165, 1.54) is 25.3 Å². The molecule has 0 unspecified atom stereocenters. The number of hydrogen-bond donors (Lipinski definition) is 2. The van der Waals surface area contributed by atoms with Gasteiger partial charge in [-0.05, 0) is 49.4 Å². The molecule has 0 aromatic heterocycles. The standard InChI is InChI=1S/C15H20N2O3/c1-10-8-12(6-7-13(10)14(18)19)16-15(20)17(2)9-11-4-3-5-11/h6-8,11H,3-5,9H2,1-2H3,(H,16,20)(H,18,19). The Labute approximate surface area is 118 Å². The number of anilines is 1. The number of nitrogens with one attached hydrogen (secondary N) is 1. The van der Waals surface area contributed by atoms with Crippen LogP contribution in [0.5, 0.6) is 0 Å². The van der Waals surface area contributed by atoms with Crippen LogP contribution >= 0.6 is 0 Å². The third-order valence-electron chi connectivity index (χ3n) is 3.81. The molecule has 0 radical (unpaired) electrons. The highest BCUT2D eigenvalue weighted by atomic mass is 16.4. The minimum Gasteiger partial charge on any atom is -0.478 e. The second kappa shape index (κ2) is 5.94. The molecule has 1 saturated carbocycles. The van der Waals surface area contributed by atoms with Crippen LogP contribution in [0, 0.1) is 12.8 Å². The molecular weight excluding hydrogens is 256 g/mol.